The molecular formula is C32H39N3O5S. The lowest BCUT2D eigenvalue weighted by atomic mass is 10.1. The molecule has 4 rings (SSSR count). The minimum atomic E-state index is -4.11. The lowest BCUT2D eigenvalue weighted by Crippen LogP contribution is -2.53. The molecule has 1 aliphatic carbocycles. The van der Waals surface area contributed by atoms with Crippen molar-refractivity contribution in [3.05, 3.63) is 90.0 Å². The lowest BCUT2D eigenvalue weighted by molar-refractivity contribution is -0.139. The summed E-state index contributed by atoms with van der Waals surface area (Å²) in [6.45, 7) is 3.39. The summed E-state index contributed by atoms with van der Waals surface area (Å²) in [5.74, 6) is -0.119. The minimum Gasteiger partial charge on any atom is -0.497 e. The smallest absolute Gasteiger partial charge is 0.264 e. The summed E-state index contributed by atoms with van der Waals surface area (Å²) in [6.07, 6.45) is 4.53. The molecule has 0 aromatic heterocycles. The van der Waals surface area contributed by atoms with Crippen molar-refractivity contribution in [1.82, 2.24) is 10.2 Å². The minimum absolute atomic E-state index is 0.0783. The van der Waals surface area contributed by atoms with E-state index in [2.05, 4.69) is 5.32 Å². The van der Waals surface area contributed by atoms with Gasteiger partial charge in [-0.05, 0) is 75.1 Å². The van der Waals surface area contributed by atoms with Gasteiger partial charge in [-0.3, -0.25) is 13.9 Å². The predicted octanol–water partition coefficient (Wildman–Crippen LogP) is 4.72. The number of amides is 2. The topological polar surface area (TPSA) is 96.0 Å². The Kier molecular flexibility index (Phi) is 10.0. The molecule has 9 heteroatoms. The SMILES string of the molecule is COc1ccc(N(CC(=O)N(CCc2ccccc2)[C@@H](C)C(=O)NC2CCCC2)S(=O)(=O)c2ccc(C)cc2)cc1. The Labute approximate surface area is 243 Å². The number of anilines is 1. The number of methoxy groups -OCH3 is 1. The molecule has 1 N–H and O–H groups in total. The molecule has 0 bridgehead atoms. The van der Waals surface area contributed by atoms with Crippen LogP contribution in [0.2, 0.25) is 0 Å². The van der Waals surface area contributed by atoms with Gasteiger partial charge < -0.3 is 15.0 Å². The van der Waals surface area contributed by atoms with Crippen molar-refractivity contribution in [2.45, 2.75) is 62.9 Å². The van der Waals surface area contributed by atoms with Gasteiger partial charge in [0, 0.05) is 12.6 Å². The van der Waals surface area contributed by atoms with Crippen molar-refractivity contribution in [1.29, 1.82) is 0 Å². The number of hydrogen-bond acceptors (Lipinski definition) is 5. The Balaban J connectivity index is 1.64. The molecular weight excluding hydrogens is 538 g/mol. The van der Waals surface area contributed by atoms with Crippen molar-refractivity contribution in [3.63, 3.8) is 0 Å². The largest absolute Gasteiger partial charge is 0.497 e. The van der Waals surface area contributed by atoms with E-state index in [9.17, 15) is 18.0 Å². The van der Waals surface area contributed by atoms with Gasteiger partial charge in [0.1, 0.15) is 18.3 Å². The summed E-state index contributed by atoms with van der Waals surface area (Å²) < 4.78 is 34.2. The van der Waals surface area contributed by atoms with Crippen LogP contribution in [0.25, 0.3) is 0 Å². The summed E-state index contributed by atoms with van der Waals surface area (Å²) in [5.41, 5.74) is 2.27. The second kappa shape index (κ2) is 13.7. The van der Waals surface area contributed by atoms with E-state index in [0.717, 1.165) is 41.1 Å². The number of nitrogens with one attached hydrogen (secondary N) is 1. The summed E-state index contributed by atoms with van der Waals surface area (Å²) in [6, 6.07) is 22.1. The molecule has 0 unspecified atom stereocenters. The van der Waals surface area contributed by atoms with Gasteiger partial charge in [-0.15, -0.1) is 0 Å². The third-order valence-electron chi connectivity index (χ3n) is 7.60. The molecule has 1 aliphatic rings. The average molecular weight is 578 g/mol. The summed E-state index contributed by atoms with van der Waals surface area (Å²) in [5, 5.41) is 3.09. The lowest BCUT2D eigenvalue weighted by Gasteiger charge is -2.32. The van der Waals surface area contributed by atoms with Gasteiger partial charge >= 0.3 is 0 Å². The number of rotatable bonds is 12. The molecule has 3 aromatic rings. The first-order chi connectivity index (χ1) is 19.7. The van der Waals surface area contributed by atoms with E-state index < -0.39 is 28.5 Å². The zero-order chi connectivity index (χ0) is 29.4. The highest BCUT2D eigenvalue weighted by Crippen LogP contribution is 2.27. The van der Waals surface area contributed by atoms with Gasteiger partial charge in [-0.1, -0.05) is 60.9 Å². The highest BCUT2D eigenvalue weighted by atomic mass is 32.2. The fourth-order valence-corrected chi connectivity index (χ4v) is 6.49. The maximum absolute atomic E-state index is 14.0. The Morgan fingerprint density at radius 3 is 2.20 bits per heavy atom. The van der Waals surface area contributed by atoms with E-state index in [0.29, 0.717) is 17.9 Å². The van der Waals surface area contributed by atoms with Crippen molar-refractivity contribution in [2.75, 3.05) is 24.5 Å². The molecule has 3 aromatic carbocycles. The number of nitrogens with zero attached hydrogens (tertiary/aromatic N) is 2. The molecule has 1 atom stereocenters. The van der Waals surface area contributed by atoms with Crippen LogP contribution in [0.5, 0.6) is 5.75 Å². The van der Waals surface area contributed by atoms with Crippen molar-refractivity contribution >= 4 is 27.5 Å². The highest BCUT2D eigenvalue weighted by Gasteiger charge is 2.33. The Morgan fingerprint density at radius 1 is 0.951 bits per heavy atom. The van der Waals surface area contributed by atoms with Gasteiger partial charge in [0.05, 0.1) is 17.7 Å². The van der Waals surface area contributed by atoms with Crippen LogP contribution in [-0.4, -0.2) is 57.4 Å². The molecule has 0 radical (unpaired) electrons. The molecule has 2 amide bonds. The first-order valence-electron chi connectivity index (χ1n) is 14.1. The normalized spacial score (nSPS) is 14.3. The first-order valence-corrected chi connectivity index (χ1v) is 15.5. The maximum atomic E-state index is 14.0. The van der Waals surface area contributed by atoms with Gasteiger partial charge in [-0.2, -0.15) is 0 Å². The fraction of sp³-hybridized carbons (Fsp3) is 0.375. The van der Waals surface area contributed by atoms with E-state index in [1.54, 1.807) is 43.3 Å². The van der Waals surface area contributed by atoms with Crippen molar-refractivity contribution in [2.24, 2.45) is 0 Å². The van der Waals surface area contributed by atoms with E-state index in [4.69, 9.17) is 4.74 Å². The molecule has 0 spiro atoms. The molecule has 0 saturated heterocycles. The quantitative estimate of drug-likeness (QED) is 0.336. The molecule has 0 aliphatic heterocycles. The Bertz CT molecular complexity index is 1400. The summed E-state index contributed by atoms with van der Waals surface area (Å²) in [7, 11) is -2.58. The van der Waals surface area contributed by atoms with Crippen LogP contribution in [0.15, 0.2) is 83.8 Å². The highest BCUT2D eigenvalue weighted by molar-refractivity contribution is 7.92. The van der Waals surface area contributed by atoms with E-state index in [-0.39, 0.29) is 23.4 Å². The van der Waals surface area contributed by atoms with Crippen LogP contribution in [0, 0.1) is 6.92 Å². The van der Waals surface area contributed by atoms with Gasteiger partial charge in [0.25, 0.3) is 10.0 Å². The molecule has 1 saturated carbocycles. The van der Waals surface area contributed by atoms with E-state index in [1.807, 2.05) is 37.3 Å². The summed E-state index contributed by atoms with van der Waals surface area (Å²) in [4.78, 5) is 28.9. The van der Waals surface area contributed by atoms with Crippen LogP contribution in [-0.2, 0) is 26.0 Å². The molecule has 0 heterocycles. The van der Waals surface area contributed by atoms with Crippen LogP contribution in [0.1, 0.15) is 43.7 Å². The maximum Gasteiger partial charge on any atom is 0.264 e. The number of ether oxygens (including phenoxy) is 1. The number of carbonyl (C=O) groups is 2. The molecule has 218 valence electrons. The van der Waals surface area contributed by atoms with Gasteiger partial charge in [0.15, 0.2) is 0 Å². The number of aryl methyl sites for hydroxylation is 1. The van der Waals surface area contributed by atoms with Crippen LogP contribution in [0.3, 0.4) is 0 Å². The van der Waals surface area contributed by atoms with Crippen LogP contribution < -0.4 is 14.4 Å². The second-order valence-corrected chi connectivity index (χ2v) is 12.4. The average Bonchev–Trinajstić information content (AvgIpc) is 3.49. The number of hydrogen-bond donors (Lipinski definition) is 1. The number of benzene rings is 3. The van der Waals surface area contributed by atoms with Gasteiger partial charge in [0.2, 0.25) is 11.8 Å². The fourth-order valence-electron chi connectivity index (χ4n) is 5.08. The molecule has 8 nitrogen and oxygen atoms in total. The van der Waals surface area contributed by atoms with Gasteiger partial charge in [-0.25, -0.2) is 8.42 Å². The number of carbonyl (C=O) groups excluding carboxylic acids is 2. The molecule has 41 heavy (non-hydrogen) atoms. The van der Waals surface area contributed by atoms with Crippen molar-refractivity contribution < 1.29 is 22.7 Å². The van der Waals surface area contributed by atoms with E-state index >= 15 is 0 Å². The Morgan fingerprint density at radius 2 is 1.59 bits per heavy atom. The van der Waals surface area contributed by atoms with Crippen LogP contribution in [0.4, 0.5) is 5.69 Å². The van der Waals surface area contributed by atoms with E-state index in [1.165, 1.54) is 24.1 Å². The first kappa shape index (κ1) is 30.1. The second-order valence-electron chi connectivity index (χ2n) is 10.5. The standard InChI is InChI=1S/C32H39N3O5S/c1-24-13-19-30(20-14-24)41(38,39)35(28-15-17-29(40-3)18-16-28)23-31(36)34(22-21-26-9-5-4-6-10-26)25(2)32(37)33-27-11-7-8-12-27/h4-6,9-10,13-20,25,27H,7-8,11-12,21-23H2,1-3H3,(H,33,37)/t25-/m0/s1. The zero-order valence-electron chi connectivity index (χ0n) is 24.0. The van der Waals surface area contributed by atoms with Crippen LogP contribution >= 0.6 is 0 Å². The monoisotopic (exact) mass is 577 g/mol. The molecule has 1 fully saturated rings. The number of sulfonamides is 1. The third kappa shape index (κ3) is 7.67. The zero-order valence-corrected chi connectivity index (χ0v) is 24.8. The summed E-state index contributed by atoms with van der Waals surface area (Å²) >= 11 is 0. The predicted molar refractivity (Wildman–Crippen MR) is 160 cm³/mol. The third-order valence-corrected chi connectivity index (χ3v) is 9.39. The Hall–Kier alpha value is -3.85. The van der Waals surface area contributed by atoms with Crippen molar-refractivity contribution in [3.8, 4) is 5.75 Å².